The predicted molar refractivity (Wildman–Crippen MR) is 91.1 cm³/mol. The van der Waals surface area contributed by atoms with Gasteiger partial charge in [-0.05, 0) is 43.5 Å². The van der Waals surface area contributed by atoms with Crippen molar-refractivity contribution >= 4 is 5.91 Å². The molecule has 1 fully saturated rings. The van der Waals surface area contributed by atoms with Crippen LogP contribution in [-0.2, 0) is 6.54 Å². The van der Waals surface area contributed by atoms with Crippen molar-refractivity contribution in [3.8, 4) is 0 Å². The Morgan fingerprint density at radius 3 is 2.96 bits per heavy atom. The van der Waals surface area contributed by atoms with E-state index in [0.717, 1.165) is 30.6 Å². The van der Waals surface area contributed by atoms with Crippen LogP contribution in [-0.4, -0.2) is 35.4 Å². The zero-order valence-electron chi connectivity index (χ0n) is 13.8. The summed E-state index contributed by atoms with van der Waals surface area (Å²) in [6, 6.07) is 10.6. The highest BCUT2D eigenvalue weighted by Gasteiger charge is 2.24. The van der Waals surface area contributed by atoms with E-state index in [1.54, 1.807) is 12.3 Å². The van der Waals surface area contributed by atoms with E-state index in [9.17, 15) is 9.18 Å². The van der Waals surface area contributed by atoms with Gasteiger partial charge in [0.05, 0.1) is 0 Å². The molecule has 1 atom stereocenters. The van der Waals surface area contributed by atoms with E-state index in [1.165, 1.54) is 6.07 Å². The fourth-order valence-electron chi connectivity index (χ4n) is 3.13. The van der Waals surface area contributed by atoms with Gasteiger partial charge < -0.3 is 5.32 Å². The van der Waals surface area contributed by atoms with Crippen LogP contribution in [0.15, 0.2) is 42.6 Å². The molecule has 1 aromatic heterocycles. The fraction of sp³-hybridized carbons (Fsp3) is 0.368. The second-order valence-corrected chi connectivity index (χ2v) is 6.36. The Kier molecular flexibility index (Phi) is 5.20. The molecule has 2 heterocycles. The van der Waals surface area contributed by atoms with Gasteiger partial charge >= 0.3 is 0 Å². The Balaban J connectivity index is 1.49. The molecule has 1 N–H and O–H groups in total. The number of likely N-dealkylation sites (tertiary alicyclic amines) is 1. The summed E-state index contributed by atoms with van der Waals surface area (Å²) >= 11 is 0. The minimum atomic E-state index is -0.153. The Bertz CT molecular complexity index is 719. The van der Waals surface area contributed by atoms with Gasteiger partial charge in [-0.3, -0.25) is 14.7 Å². The van der Waals surface area contributed by atoms with Crippen LogP contribution in [0.4, 0.5) is 4.39 Å². The third kappa shape index (κ3) is 3.97. The fourth-order valence-corrected chi connectivity index (χ4v) is 3.13. The van der Waals surface area contributed by atoms with Crippen LogP contribution in [0.5, 0.6) is 0 Å². The summed E-state index contributed by atoms with van der Waals surface area (Å²) in [5, 5.41) is 2.98. The molecular weight excluding hydrogens is 305 g/mol. The molecule has 1 amide bonds. The van der Waals surface area contributed by atoms with Crippen molar-refractivity contribution in [1.29, 1.82) is 0 Å². The van der Waals surface area contributed by atoms with E-state index in [2.05, 4.69) is 15.2 Å². The summed E-state index contributed by atoms with van der Waals surface area (Å²) in [6.07, 6.45) is 2.64. The first-order valence-corrected chi connectivity index (χ1v) is 8.29. The molecule has 5 heteroatoms. The number of nitrogens with one attached hydrogen (secondary N) is 1. The lowest BCUT2D eigenvalue weighted by molar-refractivity contribution is 0.0941. The first-order valence-electron chi connectivity index (χ1n) is 8.29. The maximum absolute atomic E-state index is 13.7. The van der Waals surface area contributed by atoms with Crippen LogP contribution in [0.2, 0.25) is 0 Å². The van der Waals surface area contributed by atoms with Gasteiger partial charge in [0, 0.05) is 31.4 Å². The van der Waals surface area contributed by atoms with Crippen molar-refractivity contribution in [3.63, 3.8) is 0 Å². The average molecular weight is 327 g/mol. The van der Waals surface area contributed by atoms with Gasteiger partial charge in [0.1, 0.15) is 11.5 Å². The van der Waals surface area contributed by atoms with Gasteiger partial charge in [0.25, 0.3) is 5.91 Å². The van der Waals surface area contributed by atoms with Crippen molar-refractivity contribution < 1.29 is 9.18 Å². The van der Waals surface area contributed by atoms with E-state index in [1.807, 2.05) is 31.2 Å². The second-order valence-electron chi connectivity index (χ2n) is 6.36. The number of halogens is 1. The lowest BCUT2D eigenvalue weighted by atomic mass is 10.1. The highest BCUT2D eigenvalue weighted by atomic mass is 19.1. The van der Waals surface area contributed by atoms with E-state index in [4.69, 9.17) is 0 Å². The van der Waals surface area contributed by atoms with Crippen LogP contribution < -0.4 is 5.32 Å². The Morgan fingerprint density at radius 1 is 1.33 bits per heavy atom. The highest BCUT2D eigenvalue weighted by Crippen LogP contribution is 2.19. The van der Waals surface area contributed by atoms with Gasteiger partial charge in [0.15, 0.2) is 0 Å². The van der Waals surface area contributed by atoms with E-state index < -0.39 is 0 Å². The van der Waals surface area contributed by atoms with Crippen LogP contribution in [0.1, 0.15) is 28.0 Å². The van der Waals surface area contributed by atoms with Crippen molar-refractivity contribution in [2.45, 2.75) is 19.9 Å². The second kappa shape index (κ2) is 7.53. The number of aromatic nitrogens is 1. The number of amides is 1. The van der Waals surface area contributed by atoms with Crippen LogP contribution >= 0.6 is 0 Å². The summed E-state index contributed by atoms with van der Waals surface area (Å²) in [4.78, 5) is 18.6. The van der Waals surface area contributed by atoms with Crippen LogP contribution in [0.3, 0.4) is 0 Å². The van der Waals surface area contributed by atoms with Crippen molar-refractivity contribution in [1.82, 2.24) is 15.2 Å². The number of carbonyl (C=O) groups is 1. The normalized spacial score (nSPS) is 17.8. The zero-order valence-corrected chi connectivity index (χ0v) is 13.8. The quantitative estimate of drug-likeness (QED) is 0.918. The first kappa shape index (κ1) is 16.6. The predicted octanol–water partition coefficient (Wildman–Crippen LogP) is 2.78. The van der Waals surface area contributed by atoms with E-state index in [0.29, 0.717) is 24.7 Å². The van der Waals surface area contributed by atoms with Crippen molar-refractivity contribution in [2.75, 3.05) is 19.6 Å². The third-order valence-electron chi connectivity index (χ3n) is 4.50. The minimum Gasteiger partial charge on any atom is -0.350 e. The molecular formula is C19H22FN3O. The molecule has 4 nitrogen and oxygen atoms in total. The van der Waals surface area contributed by atoms with Gasteiger partial charge in [-0.25, -0.2) is 4.39 Å². The highest BCUT2D eigenvalue weighted by molar-refractivity contribution is 5.93. The van der Waals surface area contributed by atoms with Crippen molar-refractivity contribution in [2.24, 2.45) is 5.92 Å². The molecule has 1 aliphatic heterocycles. The molecule has 3 rings (SSSR count). The topological polar surface area (TPSA) is 45.2 Å². The molecule has 1 aliphatic rings. The molecule has 24 heavy (non-hydrogen) atoms. The third-order valence-corrected chi connectivity index (χ3v) is 4.50. The summed E-state index contributed by atoms with van der Waals surface area (Å²) < 4.78 is 13.7. The number of hydrogen-bond donors (Lipinski definition) is 1. The smallest absolute Gasteiger partial charge is 0.270 e. The molecule has 0 radical (unpaired) electrons. The lowest BCUT2D eigenvalue weighted by Crippen LogP contribution is -2.31. The molecule has 0 unspecified atom stereocenters. The van der Waals surface area contributed by atoms with Crippen molar-refractivity contribution in [3.05, 3.63) is 65.2 Å². The largest absolute Gasteiger partial charge is 0.350 e. The molecule has 0 spiro atoms. The summed E-state index contributed by atoms with van der Waals surface area (Å²) in [5.74, 6) is 0.116. The number of nitrogens with zero attached hydrogens (tertiary/aromatic N) is 2. The number of benzene rings is 1. The number of aryl methyl sites for hydroxylation is 1. The van der Waals surface area contributed by atoms with Gasteiger partial charge in [-0.15, -0.1) is 0 Å². The molecule has 0 aliphatic carbocycles. The molecule has 1 aromatic carbocycles. The standard InChI is InChI=1S/C19H22FN3O/c1-14-5-4-9-21-18(14)19(24)22-11-15-8-10-23(12-15)13-16-6-2-3-7-17(16)20/h2-7,9,15H,8,10-13H2,1H3,(H,22,24)/t15-/m1/s1. The Labute approximate surface area is 141 Å². The van der Waals surface area contributed by atoms with E-state index >= 15 is 0 Å². The monoisotopic (exact) mass is 327 g/mol. The lowest BCUT2D eigenvalue weighted by Gasteiger charge is -2.17. The number of rotatable bonds is 5. The van der Waals surface area contributed by atoms with Crippen LogP contribution in [0, 0.1) is 18.7 Å². The zero-order chi connectivity index (χ0) is 16.9. The Hall–Kier alpha value is -2.27. The number of hydrogen-bond acceptors (Lipinski definition) is 3. The van der Waals surface area contributed by atoms with Crippen LogP contribution in [0.25, 0.3) is 0 Å². The minimum absolute atomic E-state index is 0.124. The maximum atomic E-state index is 13.7. The molecule has 0 saturated carbocycles. The van der Waals surface area contributed by atoms with Gasteiger partial charge in [-0.2, -0.15) is 0 Å². The average Bonchev–Trinajstić information content (AvgIpc) is 3.03. The molecule has 126 valence electrons. The maximum Gasteiger partial charge on any atom is 0.270 e. The van der Waals surface area contributed by atoms with E-state index in [-0.39, 0.29) is 11.7 Å². The number of pyridine rings is 1. The SMILES string of the molecule is Cc1cccnc1C(=O)NC[C@H]1CCN(Cc2ccccc2F)C1. The summed E-state index contributed by atoms with van der Waals surface area (Å²) in [6.45, 7) is 4.93. The Morgan fingerprint density at radius 2 is 2.17 bits per heavy atom. The van der Waals surface area contributed by atoms with Gasteiger partial charge in [-0.1, -0.05) is 24.3 Å². The summed E-state index contributed by atoms with van der Waals surface area (Å²) in [7, 11) is 0. The number of carbonyl (C=O) groups excluding carboxylic acids is 1. The van der Waals surface area contributed by atoms with Gasteiger partial charge in [0.2, 0.25) is 0 Å². The molecule has 2 aromatic rings. The summed E-state index contributed by atoms with van der Waals surface area (Å²) in [5.41, 5.74) is 2.09. The molecule has 1 saturated heterocycles. The first-order chi connectivity index (χ1) is 11.6. The molecule has 0 bridgehead atoms.